The molecule has 0 bridgehead atoms. The van der Waals surface area contributed by atoms with Gasteiger partial charge >= 0.3 is 0 Å². The SMILES string of the molecule is COc1ccc(S(=O)(O)=S)cc1OC. The Morgan fingerprint density at radius 3 is 2.29 bits per heavy atom. The van der Waals surface area contributed by atoms with Gasteiger partial charge in [0.1, 0.15) is 0 Å². The molecule has 0 heterocycles. The van der Waals surface area contributed by atoms with Gasteiger partial charge in [-0.3, -0.25) is 0 Å². The van der Waals surface area contributed by atoms with Crippen molar-refractivity contribution in [2.45, 2.75) is 4.90 Å². The maximum Gasteiger partial charge on any atom is 0.171 e. The van der Waals surface area contributed by atoms with Gasteiger partial charge < -0.3 is 14.0 Å². The molecule has 0 spiro atoms. The van der Waals surface area contributed by atoms with Crippen molar-refractivity contribution in [3.05, 3.63) is 18.2 Å². The number of benzene rings is 1. The molecule has 0 aliphatic rings. The maximum atomic E-state index is 11.1. The molecule has 1 aromatic carbocycles. The lowest BCUT2D eigenvalue weighted by atomic mass is 10.3. The molecular formula is C8H10O4S2. The van der Waals surface area contributed by atoms with Gasteiger partial charge in [0.15, 0.2) is 20.3 Å². The van der Waals surface area contributed by atoms with Gasteiger partial charge in [-0.15, -0.1) is 0 Å². The predicted octanol–water partition coefficient (Wildman–Crippen LogP) is 1.28. The first-order chi connectivity index (χ1) is 6.49. The lowest BCUT2D eigenvalue weighted by Crippen LogP contribution is -1.98. The molecule has 0 saturated heterocycles. The third kappa shape index (κ3) is 2.34. The number of hydrogen-bond acceptors (Lipinski definition) is 4. The van der Waals surface area contributed by atoms with Crippen LogP contribution in [0.5, 0.6) is 11.5 Å². The molecule has 1 unspecified atom stereocenters. The van der Waals surface area contributed by atoms with Crippen LogP contribution in [0.2, 0.25) is 0 Å². The molecule has 0 saturated carbocycles. The third-order valence-corrected chi connectivity index (χ3v) is 3.08. The highest BCUT2D eigenvalue weighted by Crippen LogP contribution is 2.29. The lowest BCUT2D eigenvalue weighted by Gasteiger charge is -2.08. The first-order valence-corrected chi connectivity index (χ1v) is 6.12. The zero-order chi connectivity index (χ0) is 10.8. The Bertz CT molecular complexity index is 425. The van der Waals surface area contributed by atoms with Crippen LogP contribution in [0.15, 0.2) is 23.1 Å². The zero-order valence-electron chi connectivity index (χ0n) is 7.72. The lowest BCUT2D eigenvalue weighted by molar-refractivity contribution is 0.354. The summed E-state index contributed by atoms with van der Waals surface area (Å²) >= 11 is 4.43. The standard InChI is InChI=1S/C8H10O4S2/c1-11-7-4-3-6(14(9,10)13)5-8(7)12-2/h3-5H,1-2H3,(H,9,10,13). The molecule has 1 atom stereocenters. The van der Waals surface area contributed by atoms with Crippen molar-refractivity contribution < 1.29 is 18.2 Å². The van der Waals surface area contributed by atoms with E-state index in [0.29, 0.717) is 11.5 Å². The van der Waals surface area contributed by atoms with Crippen molar-refractivity contribution >= 4 is 20.0 Å². The minimum absolute atomic E-state index is 0.144. The van der Waals surface area contributed by atoms with E-state index >= 15 is 0 Å². The maximum absolute atomic E-state index is 11.1. The van der Waals surface area contributed by atoms with Gasteiger partial charge in [-0.25, -0.2) is 4.21 Å². The van der Waals surface area contributed by atoms with E-state index in [1.807, 2.05) is 0 Å². The Balaban J connectivity index is 3.28. The Morgan fingerprint density at radius 2 is 1.86 bits per heavy atom. The largest absolute Gasteiger partial charge is 0.493 e. The Kier molecular flexibility index (Phi) is 3.30. The van der Waals surface area contributed by atoms with E-state index in [9.17, 15) is 4.21 Å². The van der Waals surface area contributed by atoms with Crippen molar-refractivity contribution in [3.8, 4) is 11.5 Å². The molecule has 4 nitrogen and oxygen atoms in total. The van der Waals surface area contributed by atoms with Gasteiger partial charge in [-0.1, -0.05) is 0 Å². The van der Waals surface area contributed by atoms with Crippen LogP contribution in [0.1, 0.15) is 0 Å². The van der Waals surface area contributed by atoms with Gasteiger partial charge in [0.2, 0.25) is 0 Å². The average molecular weight is 234 g/mol. The molecule has 1 aromatic rings. The first-order valence-electron chi connectivity index (χ1n) is 3.68. The molecule has 0 aromatic heterocycles. The highest BCUT2D eigenvalue weighted by atomic mass is 32.8. The fourth-order valence-corrected chi connectivity index (χ4v) is 1.78. The summed E-state index contributed by atoms with van der Waals surface area (Å²) in [5.74, 6) is 0.881. The summed E-state index contributed by atoms with van der Waals surface area (Å²) in [5, 5.41) is 0. The average Bonchev–Trinajstić information content (AvgIpc) is 2.15. The van der Waals surface area contributed by atoms with Gasteiger partial charge in [-0.2, -0.15) is 0 Å². The zero-order valence-corrected chi connectivity index (χ0v) is 9.35. The van der Waals surface area contributed by atoms with Crippen LogP contribution in [-0.2, 0) is 20.0 Å². The van der Waals surface area contributed by atoms with Gasteiger partial charge in [0.05, 0.1) is 19.1 Å². The van der Waals surface area contributed by atoms with E-state index in [1.54, 1.807) is 0 Å². The van der Waals surface area contributed by atoms with Crippen LogP contribution in [-0.4, -0.2) is 23.0 Å². The number of rotatable bonds is 3. The minimum atomic E-state index is -3.36. The molecule has 14 heavy (non-hydrogen) atoms. The molecular weight excluding hydrogens is 224 g/mol. The predicted molar refractivity (Wildman–Crippen MR) is 55.9 cm³/mol. The van der Waals surface area contributed by atoms with Crippen molar-refractivity contribution in [1.82, 2.24) is 0 Å². The van der Waals surface area contributed by atoms with Crippen LogP contribution >= 0.6 is 0 Å². The smallest absolute Gasteiger partial charge is 0.171 e. The van der Waals surface area contributed by atoms with Gasteiger partial charge in [0, 0.05) is 17.3 Å². The van der Waals surface area contributed by atoms with Crippen molar-refractivity contribution in [3.63, 3.8) is 0 Å². The summed E-state index contributed by atoms with van der Waals surface area (Å²) < 4.78 is 30.2. The van der Waals surface area contributed by atoms with Crippen LogP contribution in [0.4, 0.5) is 0 Å². The van der Waals surface area contributed by atoms with Crippen LogP contribution in [0.3, 0.4) is 0 Å². The summed E-state index contributed by atoms with van der Waals surface area (Å²) in [6.45, 7) is 0. The van der Waals surface area contributed by atoms with E-state index in [0.717, 1.165) is 0 Å². The van der Waals surface area contributed by atoms with E-state index < -0.39 is 8.77 Å². The summed E-state index contributed by atoms with van der Waals surface area (Å²) in [7, 11) is -0.426. The number of hydrogen-bond donors (Lipinski definition) is 1. The normalized spacial score (nSPS) is 14.5. The van der Waals surface area contributed by atoms with E-state index in [4.69, 9.17) is 14.0 Å². The molecule has 0 aliphatic carbocycles. The third-order valence-electron chi connectivity index (χ3n) is 1.65. The molecule has 6 heteroatoms. The molecule has 0 aliphatic heterocycles. The van der Waals surface area contributed by atoms with Crippen LogP contribution in [0, 0.1) is 0 Å². The minimum Gasteiger partial charge on any atom is -0.493 e. The van der Waals surface area contributed by atoms with Gasteiger partial charge in [0.25, 0.3) is 0 Å². The van der Waals surface area contributed by atoms with Crippen LogP contribution < -0.4 is 9.47 Å². The summed E-state index contributed by atoms with van der Waals surface area (Å²) in [6, 6.07) is 4.38. The number of ether oxygens (including phenoxy) is 2. The molecule has 78 valence electrons. The highest BCUT2D eigenvalue weighted by molar-refractivity contribution is 8.29. The first kappa shape index (κ1) is 11.2. The Morgan fingerprint density at radius 1 is 1.29 bits per heavy atom. The molecule has 0 radical (unpaired) electrons. The Hall–Kier alpha value is -0.850. The second kappa shape index (κ2) is 4.12. The quantitative estimate of drug-likeness (QED) is 0.854. The van der Waals surface area contributed by atoms with Crippen LogP contribution in [0.25, 0.3) is 0 Å². The Labute approximate surface area is 87.3 Å². The number of methoxy groups -OCH3 is 2. The second-order valence-corrected chi connectivity index (χ2v) is 5.27. The molecule has 0 amide bonds. The van der Waals surface area contributed by atoms with Crippen molar-refractivity contribution in [2.24, 2.45) is 0 Å². The van der Waals surface area contributed by atoms with Crippen molar-refractivity contribution in [2.75, 3.05) is 14.2 Å². The van der Waals surface area contributed by atoms with E-state index in [-0.39, 0.29) is 4.90 Å². The molecule has 0 fully saturated rings. The molecule has 1 N–H and O–H groups in total. The summed E-state index contributed by atoms with van der Waals surface area (Å²) in [6.07, 6.45) is 0. The van der Waals surface area contributed by atoms with Gasteiger partial charge in [-0.05, 0) is 12.1 Å². The topological polar surface area (TPSA) is 55.8 Å². The fraction of sp³-hybridized carbons (Fsp3) is 0.250. The molecule has 1 rings (SSSR count). The summed E-state index contributed by atoms with van der Waals surface area (Å²) in [5.41, 5.74) is 0. The van der Waals surface area contributed by atoms with E-state index in [1.165, 1.54) is 32.4 Å². The highest BCUT2D eigenvalue weighted by Gasteiger charge is 2.10. The fourth-order valence-electron chi connectivity index (χ4n) is 0.977. The van der Waals surface area contributed by atoms with E-state index in [2.05, 4.69) is 11.2 Å². The summed E-state index contributed by atoms with van der Waals surface area (Å²) in [4.78, 5) is 0.144. The second-order valence-electron chi connectivity index (χ2n) is 2.49. The van der Waals surface area contributed by atoms with Crippen molar-refractivity contribution in [1.29, 1.82) is 0 Å². The monoisotopic (exact) mass is 234 g/mol.